The first kappa shape index (κ1) is 22.2. The Morgan fingerprint density at radius 2 is 1.59 bits per heavy atom. The van der Waals surface area contributed by atoms with Gasteiger partial charge in [-0.05, 0) is 18.1 Å². The molecule has 1 rings (SSSR count). The fourth-order valence-corrected chi connectivity index (χ4v) is 2.99. The van der Waals surface area contributed by atoms with Gasteiger partial charge in [0.25, 0.3) is 0 Å². The lowest BCUT2D eigenvalue weighted by atomic mass is 10.1. The van der Waals surface area contributed by atoms with Crippen LogP contribution in [0.3, 0.4) is 0 Å². The Hall–Kier alpha value is -2.82. The van der Waals surface area contributed by atoms with E-state index in [-0.39, 0.29) is 17.9 Å². The number of rotatable bonds is 11. The van der Waals surface area contributed by atoms with Crippen LogP contribution in [0.25, 0.3) is 0 Å². The van der Waals surface area contributed by atoms with E-state index in [4.69, 9.17) is 15.3 Å². The summed E-state index contributed by atoms with van der Waals surface area (Å²) in [5.74, 6) is -4.32. The molecule has 0 saturated carbocycles. The molecule has 0 radical (unpaired) electrons. The van der Waals surface area contributed by atoms with Crippen LogP contribution >= 0.6 is 11.8 Å². The smallest absolute Gasteiger partial charge is 0.327 e. The van der Waals surface area contributed by atoms with Crippen LogP contribution in [0.2, 0.25) is 0 Å². The van der Waals surface area contributed by atoms with E-state index >= 15 is 0 Å². The summed E-state index contributed by atoms with van der Waals surface area (Å²) in [4.78, 5) is 44.6. The van der Waals surface area contributed by atoms with Crippen LogP contribution in [-0.2, 0) is 20.1 Å². The molecule has 0 fully saturated rings. The van der Waals surface area contributed by atoms with Crippen molar-refractivity contribution in [3.05, 3.63) is 35.6 Å². The van der Waals surface area contributed by atoms with Crippen LogP contribution < -0.4 is 10.6 Å². The third-order valence-electron chi connectivity index (χ3n) is 3.35. The number of carboxylic acid groups (broad SMARTS) is 3. The maximum Gasteiger partial charge on any atom is 0.327 e. The molecule has 1 aromatic carbocycles. The van der Waals surface area contributed by atoms with E-state index < -0.39 is 48.3 Å². The van der Waals surface area contributed by atoms with Crippen molar-refractivity contribution in [3.63, 3.8) is 0 Å². The van der Waals surface area contributed by atoms with Crippen LogP contribution in [0.1, 0.15) is 18.4 Å². The second-order valence-electron chi connectivity index (χ2n) is 5.44. The highest BCUT2D eigenvalue weighted by atomic mass is 32.2. The molecule has 1 aromatic rings. The standard InChI is InChI=1S/C16H19FN2O7S/c17-10-4-2-1-3-9(10)7-27-8-12(15(24)25)19-16(26)18-11(14(22)23)5-6-13(20)21/h1-4,11-12H,5-8H2,(H,20,21)(H,22,23)(H,24,25)(H2,18,19,26)/t11-,12-/m0/s1. The summed E-state index contributed by atoms with van der Waals surface area (Å²) in [6, 6.07) is 2.14. The second-order valence-corrected chi connectivity index (χ2v) is 6.47. The van der Waals surface area contributed by atoms with Gasteiger partial charge in [-0.15, -0.1) is 0 Å². The lowest BCUT2D eigenvalue weighted by molar-refractivity contribution is -0.140. The van der Waals surface area contributed by atoms with Crippen molar-refractivity contribution >= 4 is 35.7 Å². The molecule has 9 nitrogen and oxygen atoms in total. The Kier molecular flexibility index (Phi) is 9.06. The molecule has 0 aliphatic heterocycles. The van der Waals surface area contributed by atoms with Crippen molar-refractivity contribution < 1.29 is 38.9 Å². The molecule has 0 bridgehead atoms. The van der Waals surface area contributed by atoms with Crippen molar-refractivity contribution in [3.8, 4) is 0 Å². The minimum Gasteiger partial charge on any atom is -0.481 e. The Morgan fingerprint density at radius 1 is 1.00 bits per heavy atom. The normalized spacial score (nSPS) is 12.6. The molecule has 11 heteroatoms. The summed E-state index contributed by atoms with van der Waals surface area (Å²) in [6.45, 7) is 0. The molecule has 148 valence electrons. The first-order valence-corrected chi connectivity index (χ1v) is 8.91. The predicted octanol–water partition coefficient (Wildman–Crippen LogP) is 1.13. The number of nitrogens with one attached hydrogen (secondary N) is 2. The minimum absolute atomic E-state index is 0.0794. The maximum absolute atomic E-state index is 13.5. The topological polar surface area (TPSA) is 153 Å². The molecule has 0 spiro atoms. The van der Waals surface area contributed by atoms with E-state index in [1.807, 2.05) is 5.32 Å². The fourth-order valence-electron chi connectivity index (χ4n) is 1.96. The maximum atomic E-state index is 13.5. The average molecular weight is 402 g/mol. The van der Waals surface area contributed by atoms with Gasteiger partial charge in [0.15, 0.2) is 0 Å². The third-order valence-corrected chi connectivity index (χ3v) is 4.44. The largest absolute Gasteiger partial charge is 0.481 e. The number of carboxylic acids is 3. The number of hydrogen-bond acceptors (Lipinski definition) is 5. The van der Waals surface area contributed by atoms with Gasteiger partial charge in [0, 0.05) is 17.9 Å². The van der Waals surface area contributed by atoms with Crippen molar-refractivity contribution in [2.75, 3.05) is 5.75 Å². The SMILES string of the molecule is O=C(O)CC[C@H](NC(=O)N[C@@H](CSCc1ccccc1F)C(=O)O)C(=O)O. The zero-order valence-corrected chi connectivity index (χ0v) is 14.9. The Morgan fingerprint density at radius 3 is 2.15 bits per heavy atom. The number of halogens is 1. The number of carbonyl (C=O) groups is 4. The summed E-state index contributed by atoms with van der Waals surface area (Å²) in [5.41, 5.74) is 0.385. The van der Waals surface area contributed by atoms with Crippen LogP contribution in [0.15, 0.2) is 24.3 Å². The van der Waals surface area contributed by atoms with Gasteiger partial charge in [0.2, 0.25) is 0 Å². The van der Waals surface area contributed by atoms with Crippen molar-refractivity contribution in [1.82, 2.24) is 10.6 Å². The Balaban J connectivity index is 2.55. The van der Waals surface area contributed by atoms with E-state index in [9.17, 15) is 23.6 Å². The number of amides is 2. The predicted molar refractivity (Wildman–Crippen MR) is 93.9 cm³/mol. The summed E-state index contributed by atoms with van der Waals surface area (Å²) in [5, 5.41) is 30.9. The van der Waals surface area contributed by atoms with Gasteiger partial charge in [-0.25, -0.2) is 18.8 Å². The van der Waals surface area contributed by atoms with Gasteiger partial charge >= 0.3 is 23.9 Å². The molecule has 0 aliphatic rings. The molecular formula is C16H19FN2O7S. The van der Waals surface area contributed by atoms with E-state index in [0.717, 1.165) is 11.8 Å². The third kappa shape index (κ3) is 8.40. The number of thioether (sulfide) groups is 1. The first-order valence-electron chi connectivity index (χ1n) is 7.76. The van der Waals surface area contributed by atoms with Crippen LogP contribution in [0, 0.1) is 5.82 Å². The molecule has 2 amide bonds. The lowest BCUT2D eigenvalue weighted by Crippen LogP contribution is -2.52. The van der Waals surface area contributed by atoms with E-state index in [2.05, 4.69) is 5.32 Å². The van der Waals surface area contributed by atoms with E-state index in [1.54, 1.807) is 12.1 Å². The number of hydrogen-bond donors (Lipinski definition) is 5. The molecule has 0 saturated heterocycles. The molecule has 0 unspecified atom stereocenters. The van der Waals surface area contributed by atoms with Gasteiger partial charge in [-0.1, -0.05) is 18.2 Å². The Bertz CT molecular complexity index is 701. The monoisotopic (exact) mass is 402 g/mol. The first-order chi connectivity index (χ1) is 12.7. The Labute approximate surface area is 157 Å². The van der Waals surface area contributed by atoms with Crippen molar-refractivity contribution in [1.29, 1.82) is 0 Å². The van der Waals surface area contributed by atoms with Gasteiger partial charge in [0.1, 0.15) is 17.9 Å². The van der Waals surface area contributed by atoms with Crippen molar-refractivity contribution in [2.24, 2.45) is 0 Å². The molecule has 0 heterocycles. The summed E-state index contributed by atoms with van der Waals surface area (Å²) in [7, 11) is 0. The average Bonchev–Trinajstić information content (AvgIpc) is 2.58. The van der Waals surface area contributed by atoms with Crippen LogP contribution in [0.5, 0.6) is 0 Å². The van der Waals surface area contributed by atoms with Gasteiger partial charge < -0.3 is 26.0 Å². The highest BCUT2D eigenvalue weighted by Gasteiger charge is 2.25. The highest BCUT2D eigenvalue weighted by Crippen LogP contribution is 2.16. The summed E-state index contributed by atoms with van der Waals surface area (Å²) >= 11 is 1.08. The van der Waals surface area contributed by atoms with Gasteiger partial charge in [-0.3, -0.25) is 4.79 Å². The number of carbonyl (C=O) groups excluding carboxylic acids is 1. The zero-order chi connectivity index (χ0) is 20.4. The fraction of sp³-hybridized carbons (Fsp3) is 0.375. The lowest BCUT2D eigenvalue weighted by Gasteiger charge is -2.18. The number of urea groups is 1. The molecule has 27 heavy (non-hydrogen) atoms. The molecule has 2 atom stereocenters. The molecule has 5 N–H and O–H groups in total. The molecule has 0 aliphatic carbocycles. The molecule has 0 aromatic heterocycles. The van der Waals surface area contributed by atoms with Gasteiger partial charge in [0.05, 0.1) is 0 Å². The highest BCUT2D eigenvalue weighted by molar-refractivity contribution is 7.98. The summed E-state index contributed by atoms with van der Waals surface area (Å²) < 4.78 is 13.5. The van der Waals surface area contributed by atoms with Crippen LogP contribution in [-0.4, -0.2) is 57.1 Å². The van der Waals surface area contributed by atoms with Gasteiger partial charge in [-0.2, -0.15) is 11.8 Å². The summed E-state index contributed by atoms with van der Waals surface area (Å²) in [6.07, 6.45) is -0.823. The quantitative estimate of drug-likeness (QED) is 0.369. The van der Waals surface area contributed by atoms with E-state index in [0.29, 0.717) is 5.56 Å². The number of benzene rings is 1. The molecular weight excluding hydrogens is 383 g/mol. The van der Waals surface area contributed by atoms with Crippen LogP contribution in [0.4, 0.5) is 9.18 Å². The number of aliphatic carboxylic acids is 3. The second kappa shape index (κ2) is 11.0. The zero-order valence-electron chi connectivity index (χ0n) is 14.1. The van der Waals surface area contributed by atoms with Crippen molar-refractivity contribution in [2.45, 2.75) is 30.7 Å². The minimum atomic E-state index is -1.47. The van der Waals surface area contributed by atoms with E-state index in [1.165, 1.54) is 12.1 Å².